The Hall–Kier alpha value is -1.38. The van der Waals surface area contributed by atoms with Crippen molar-refractivity contribution in [1.29, 1.82) is 0 Å². The Morgan fingerprint density at radius 1 is 1.39 bits per heavy atom. The van der Waals surface area contributed by atoms with Gasteiger partial charge in [-0.2, -0.15) is 0 Å². The van der Waals surface area contributed by atoms with E-state index in [9.17, 15) is 0 Å². The Morgan fingerprint density at radius 3 is 2.83 bits per heavy atom. The second kappa shape index (κ2) is 3.81. The van der Waals surface area contributed by atoms with Gasteiger partial charge in [0.05, 0.1) is 0 Å². The van der Waals surface area contributed by atoms with Crippen LogP contribution in [0.5, 0.6) is 0 Å². The van der Waals surface area contributed by atoms with E-state index in [4.69, 9.17) is 0 Å². The lowest BCUT2D eigenvalue weighted by molar-refractivity contribution is 0.588. The first-order chi connectivity index (χ1) is 8.52. The van der Waals surface area contributed by atoms with Crippen LogP contribution in [0.1, 0.15) is 63.3 Å². The van der Waals surface area contributed by atoms with Crippen molar-refractivity contribution in [2.75, 3.05) is 0 Å². The fraction of sp³-hybridized carbons (Fsp3) is 0.600. The maximum absolute atomic E-state index is 4.33. The summed E-state index contributed by atoms with van der Waals surface area (Å²) in [6.07, 6.45) is 5.53. The summed E-state index contributed by atoms with van der Waals surface area (Å²) >= 11 is 0. The van der Waals surface area contributed by atoms with Crippen molar-refractivity contribution in [3.05, 3.63) is 29.2 Å². The lowest BCUT2D eigenvalue weighted by Gasteiger charge is -2.22. The number of pyridine rings is 1. The van der Waals surface area contributed by atoms with Crippen LogP contribution >= 0.6 is 0 Å². The molecule has 0 N–H and O–H groups in total. The molecule has 0 saturated heterocycles. The summed E-state index contributed by atoms with van der Waals surface area (Å²) in [6.45, 7) is 9.03. The molecule has 0 amide bonds. The number of nitrogens with zero attached hydrogens (tertiary/aromatic N) is 3. The summed E-state index contributed by atoms with van der Waals surface area (Å²) in [5.74, 6) is 0.716. The van der Waals surface area contributed by atoms with Crippen LogP contribution in [0.15, 0.2) is 12.4 Å². The van der Waals surface area contributed by atoms with Crippen LogP contribution in [-0.2, 0) is 11.8 Å². The van der Waals surface area contributed by atoms with E-state index in [2.05, 4.69) is 48.4 Å². The Balaban J connectivity index is 2.32. The lowest BCUT2D eigenvalue weighted by atomic mass is 9.85. The molecular formula is C15H21N3. The summed E-state index contributed by atoms with van der Waals surface area (Å²) in [5, 5.41) is 8.44. The predicted molar refractivity (Wildman–Crippen MR) is 73.0 cm³/mol. The average molecular weight is 243 g/mol. The quantitative estimate of drug-likeness (QED) is 0.767. The summed E-state index contributed by atoms with van der Waals surface area (Å²) in [7, 11) is 0. The van der Waals surface area contributed by atoms with Gasteiger partial charge in [-0.1, -0.05) is 27.7 Å². The van der Waals surface area contributed by atoms with Crippen molar-refractivity contribution in [3.8, 4) is 0 Å². The molecule has 2 aromatic heterocycles. The number of hydrogen-bond donors (Lipinski definition) is 0. The molecule has 1 unspecified atom stereocenters. The molecule has 3 rings (SSSR count). The van der Waals surface area contributed by atoms with Gasteiger partial charge < -0.3 is 0 Å². The molecule has 1 atom stereocenters. The highest BCUT2D eigenvalue weighted by molar-refractivity contribution is 5.55. The molecule has 3 heteroatoms. The van der Waals surface area contributed by atoms with Gasteiger partial charge in [0, 0.05) is 11.3 Å². The van der Waals surface area contributed by atoms with E-state index < -0.39 is 0 Å². The van der Waals surface area contributed by atoms with Crippen molar-refractivity contribution >= 4 is 5.65 Å². The topological polar surface area (TPSA) is 30.2 Å². The molecule has 0 saturated carbocycles. The molecule has 2 aromatic rings. The van der Waals surface area contributed by atoms with E-state index >= 15 is 0 Å². The summed E-state index contributed by atoms with van der Waals surface area (Å²) in [4.78, 5) is 0. The van der Waals surface area contributed by atoms with E-state index in [0.717, 1.165) is 12.1 Å². The summed E-state index contributed by atoms with van der Waals surface area (Å²) < 4.78 is 2.21. The average Bonchev–Trinajstić information content (AvgIpc) is 2.91. The van der Waals surface area contributed by atoms with Gasteiger partial charge in [-0.25, -0.2) is 0 Å². The summed E-state index contributed by atoms with van der Waals surface area (Å²) in [5.41, 5.74) is 5.42. The van der Waals surface area contributed by atoms with Gasteiger partial charge in [0.15, 0.2) is 5.65 Å². The van der Waals surface area contributed by atoms with Crippen molar-refractivity contribution < 1.29 is 0 Å². The van der Waals surface area contributed by atoms with E-state index in [-0.39, 0.29) is 5.41 Å². The molecule has 1 aliphatic rings. The zero-order chi connectivity index (χ0) is 12.9. The molecule has 0 bridgehead atoms. The minimum absolute atomic E-state index is 0.115. The third-order valence-corrected chi connectivity index (χ3v) is 4.18. The number of hydrogen-bond acceptors (Lipinski definition) is 2. The van der Waals surface area contributed by atoms with Crippen molar-refractivity contribution in [1.82, 2.24) is 14.6 Å². The van der Waals surface area contributed by atoms with Crippen LogP contribution in [0, 0.1) is 0 Å². The number of aryl methyl sites for hydroxylation is 1. The van der Waals surface area contributed by atoms with Crippen molar-refractivity contribution in [3.63, 3.8) is 0 Å². The van der Waals surface area contributed by atoms with E-state index in [1.807, 2.05) is 6.33 Å². The van der Waals surface area contributed by atoms with Gasteiger partial charge >= 0.3 is 0 Å². The van der Waals surface area contributed by atoms with Crippen molar-refractivity contribution in [2.24, 2.45) is 0 Å². The molecule has 0 spiro atoms. The Labute approximate surface area is 108 Å². The molecule has 18 heavy (non-hydrogen) atoms. The van der Waals surface area contributed by atoms with E-state index in [1.54, 1.807) is 0 Å². The van der Waals surface area contributed by atoms with Gasteiger partial charge in [0.2, 0.25) is 0 Å². The number of fused-ring (bicyclic) bond motifs is 3. The fourth-order valence-electron chi connectivity index (χ4n) is 3.12. The summed E-state index contributed by atoms with van der Waals surface area (Å²) in [6, 6.07) is 2.39. The number of rotatable bonds is 1. The molecule has 3 nitrogen and oxygen atoms in total. The highest BCUT2D eigenvalue weighted by Crippen LogP contribution is 2.39. The first kappa shape index (κ1) is 11.7. The zero-order valence-electron chi connectivity index (χ0n) is 11.7. The minimum atomic E-state index is 0.115. The van der Waals surface area contributed by atoms with Crippen LogP contribution in [0.4, 0.5) is 0 Å². The second-order valence-electron chi connectivity index (χ2n) is 6.38. The highest BCUT2D eigenvalue weighted by Gasteiger charge is 2.28. The smallest absolute Gasteiger partial charge is 0.164 e. The first-order valence-corrected chi connectivity index (χ1v) is 6.88. The maximum atomic E-state index is 4.33. The Morgan fingerprint density at radius 2 is 2.17 bits per heavy atom. The van der Waals surface area contributed by atoms with E-state index in [0.29, 0.717) is 5.92 Å². The van der Waals surface area contributed by atoms with Gasteiger partial charge in [-0.15, -0.1) is 10.2 Å². The Kier molecular flexibility index (Phi) is 2.47. The molecule has 96 valence electrons. The van der Waals surface area contributed by atoms with E-state index in [1.165, 1.54) is 29.7 Å². The lowest BCUT2D eigenvalue weighted by Crippen LogP contribution is -2.15. The standard InChI is InChI=1S/C15H21N3/c1-5-10-6-7-13-11(10)8-12(15(2,3)4)14-17-16-9-18(13)14/h8-10H,5-7H2,1-4H3. The molecule has 2 heterocycles. The maximum Gasteiger partial charge on any atom is 0.164 e. The van der Waals surface area contributed by atoms with Gasteiger partial charge in [0.25, 0.3) is 0 Å². The van der Waals surface area contributed by atoms with Crippen molar-refractivity contribution in [2.45, 2.75) is 58.3 Å². The minimum Gasteiger partial charge on any atom is -0.285 e. The van der Waals surface area contributed by atoms with Gasteiger partial charge in [-0.3, -0.25) is 4.40 Å². The van der Waals surface area contributed by atoms with Crippen LogP contribution in [-0.4, -0.2) is 14.6 Å². The fourth-order valence-corrected chi connectivity index (χ4v) is 3.12. The largest absolute Gasteiger partial charge is 0.285 e. The molecular weight excluding hydrogens is 222 g/mol. The van der Waals surface area contributed by atoms with Gasteiger partial charge in [-0.05, 0) is 42.2 Å². The third-order valence-electron chi connectivity index (χ3n) is 4.18. The second-order valence-corrected chi connectivity index (χ2v) is 6.38. The number of aromatic nitrogens is 3. The third kappa shape index (κ3) is 1.57. The first-order valence-electron chi connectivity index (χ1n) is 6.88. The van der Waals surface area contributed by atoms with Crippen LogP contribution in [0.25, 0.3) is 5.65 Å². The molecule has 0 aromatic carbocycles. The van der Waals surface area contributed by atoms with Crippen LogP contribution in [0.2, 0.25) is 0 Å². The molecule has 0 fully saturated rings. The Bertz CT molecular complexity index is 590. The normalized spacial score (nSPS) is 19.4. The monoisotopic (exact) mass is 243 g/mol. The zero-order valence-corrected chi connectivity index (χ0v) is 11.7. The SMILES string of the molecule is CCC1CCc2c1cc(C(C)(C)C)c1nncn21. The predicted octanol–water partition coefficient (Wildman–Crippen LogP) is 3.47. The van der Waals surface area contributed by atoms with Gasteiger partial charge in [0.1, 0.15) is 6.33 Å². The molecule has 1 aliphatic carbocycles. The molecule has 0 aliphatic heterocycles. The van der Waals surface area contributed by atoms with Crippen LogP contribution < -0.4 is 0 Å². The van der Waals surface area contributed by atoms with Crippen LogP contribution in [0.3, 0.4) is 0 Å². The molecule has 0 radical (unpaired) electrons. The highest BCUT2D eigenvalue weighted by atomic mass is 15.2.